The highest BCUT2D eigenvalue weighted by Gasteiger charge is 2.22. The number of piperidine rings is 1. The SMILES string of the molecule is CC1CCN(c2ccc(NC(=O)C(C)Cl)cc2C(=O)NCCc2ccccc2)CC1. The highest BCUT2D eigenvalue weighted by Crippen LogP contribution is 2.29. The lowest BCUT2D eigenvalue weighted by Gasteiger charge is -2.33. The summed E-state index contributed by atoms with van der Waals surface area (Å²) in [6.45, 7) is 6.29. The number of carbonyl (C=O) groups is 2. The molecule has 3 rings (SSSR count). The molecular formula is C24H30ClN3O2. The molecule has 1 heterocycles. The zero-order chi connectivity index (χ0) is 21.5. The van der Waals surface area contributed by atoms with Gasteiger partial charge < -0.3 is 15.5 Å². The largest absolute Gasteiger partial charge is 0.371 e. The molecule has 1 atom stereocenters. The van der Waals surface area contributed by atoms with Crippen LogP contribution in [0.3, 0.4) is 0 Å². The Balaban J connectivity index is 1.76. The Morgan fingerprint density at radius 3 is 2.50 bits per heavy atom. The Hall–Kier alpha value is -2.53. The molecule has 0 saturated carbocycles. The van der Waals surface area contributed by atoms with Crippen molar-refractivity contribution in [3.8, 4) is 0 Å². The van der Waals surface area contributed by atoms with E-state index in [0.29, 0.717) is 23.7 Å². The average molecular weight is 428 g/mol. The Bertz CT molecular complexity index is 862. The van der Waals surface area contributed by atoms with Crippen LogP contribution < -0.4 is 15.5 Å². The minimum atomic E-state index is -0.642. The summed E-state index contributed by atoms with van der Waals surface area (Å²) in [5, 5.41) is 5.18. The monoisotopic (exact) mass is 427 g/mol. The quantitative estimate of drug-likeness (QED) is 0.641. The van der Waals surface area contributed by atoms with Crippen molar-refractivity contribution in [2.75, 3.05) is 29.9 Å². The summed E-state index contributed by atoms with van der Waals surface area (Å²) in [6, 6.07) is 15.6. The first kappa shape index (κ1) is 22.2. The van der Waals surface area contributed by atoms with E-state index in [4.69, 9.17) is 11.6 Å². The standard InChI is InChI=1S/C24H30ClN3O2/c1-17-11-14-28(15-12-17)22-9-8-20(27-23(29)18(2)25)16-21(22)24(30)26-13-10-19-6-4-3-5-7-19/h3-9,16-18H,10-15H2,1-2H3,(H,26,30)(H,27,29). The summed E-state index contributed by atoms with van der Waals surface area (Å²) < 4.78 is 0. The van der Waals surface area contributed by atoms with Crippen LogP contribution in [0.2, 0.25) is 0 Å². The lowest BCUT2D eigenvalue weighted by atomic mass is 9.97. The molecule has 1 unspecified atom stereocenters. The third-order valence-corrected chi connectivity index (χ3v) is 5.73. The van der Waals surface area contributed by atoms with Gasteiger partial charge in [-0.05, 0) is 55.9 Å². The number of anilines is 2. The summed E-state index contributed by atoms with van der Waals surface area (Å²) in [4.78, 5) is 27.3. The number of rotatable bonds is 7. The van der Waals surface area contributed by atoms with E-state index in [9.17, 15) is 9.59 Å². The molecule has 1 aliphatic rings. The van der Waals surface area contributed by atoms with Gasteiger partial charge in [-0.15, -0.1) is 11.6 Å². The van der Waals surface area contributed by atoms with Crippen molar-refractivity contribution < 1.29 is 9.59 Å². The zero-order valence-corrected chi connectivity index (χ0v) is 18.4. The maximum Gasteiger partial charge on any atom is 0.253 e. The van der Waals surface area contributed by atoms with E-state index in [-0.39, 0.29) is 11.8 Å². The van der Waals surface area contributed by atoms with Gasteiger partial charge in [0, 0.05) is 31.0 Å². The first-order valence-corrected chi connectivity index (χ1v) is 11.0. The van der Waals surface area contributed by atoms with Crippen LogP contribution >= 0.6 is 11.6 Å². The van der Waals surface area contributed by atoms with E-state index in [0.717, 1.165) is 38.0 Å². The molecule has 5 nitrogen and oxygen atoms in total. The fourth-order valence-electron chi connectivity index (χ4n) is 3.62. The van der Waals surface area contributed by atoms with Crippen molar-refractivity contribution in [3.63, 3.8) is 0 Å². The first-order chi connectivity index (χ1) is 14.4. The molecule has 2 aromatic rings. The third kappa shape index (κ3) is 5.99. The maximum atomic E-state index is 13.1. The van der Waals surface area contributed by atoms with Crippen molar-refractivity contribution in [2.24, 2.45) is 5.92 Å². The summed E-state index contributed by atoms with van der Waals surface area (Å²) in [5.41, 5.74) is 3.25. The molecule has 30 heavy (non-hydrogen) atoms. The van der Waals surface area contributed by atoms with Crippen molar-refractivity contribution in [2.45, 2.75) is 38.5 Å². The van der Waals surface area contributed by atoms with Gasteiger partial charge in [0.05, 0.1) is 5.56 Å². The van der Waals surface area contributed by atoms with Gasteiger partial charge in [-0.3, -0.25) is 9.59 Å². The minimum Gasteiger partial charge on any atom is -0.371 e. The predicted molar refractivity (Wildman–Crippen MR) is 123 cm³/mol. The number of alkyl halides is 1. The highest BCUT2D eigenvalue weighted by molar-refractivity contribution is 6.32. The molecule has 160 valence electrons. The predicted octanol–water partition coefficient (Wildman–Crippen LogP) is 4.46. The van der Waals surface area contributed by atoms with Gasteiger partial charge in [-0.1, -0.05) is 37.3 Å². The normalized spacial score (nSPS) is 15.5. The second kappa shape index (κ2) is 10.5. The number of nitrogens with zero attached hydrogens (tertiary/aromatic N) is 1. The molecule has 0 aliphatic carbocycles. The van der Waals surface area contributed by atoms with Crippen LogP contribution in [0.5, 0.6) is 0 Å². The Morgan fingerprint density at radius 2 is 1.83 bits per heavy atom. The molecule has 2 aromatic carbocycles. The molecule has 1 aliphatic heterocycles. The number of nitrogens with one attached hydrogen (secondary N) is 2. The maximum absolute atomic E-state index is 13.1. The Kier molecular flexibility index (Phi) is 7.75. The first-order valence-electron chi connectivity index (χ1n) is 10.6. The molecule has 0 radical (unpaired) electrons. The molecule has 0 aromatic heterocycles. The molecule has 1 saturated heterocycles. The number of hydrogen-bond donors (Lipinski definition) is 2. The van der Waals surface area contributed by atoms with Gasteiger partial charge >= 0.3 is 0 Å². The molecule has 2 N–H and O–H groups in total. The topological polar surface area (TPSA) is 61.4 Å². The summed E-state index contributed by atoms with van der Waals surface area (Å²) in [5.74, 6) is 0.286. The lowest BCUT2D eigenvalue weighted by molar-refractivity contribution is -0.115. The summed E-state index contributed by atoms with van der Waals surface area (Å²) >= 11 is 5.87. The average Bonchev–Trinajstić information content (AvgIpc) is 2.75. The van der Waals surface area contributed by atoms with Gasteiger partial charge in [0.2, 0.25) is 5.91 Å². The Labute approximate surface area is 183 Å². The smallest absolute Gasteiger partial charge is 0.253 e. The van der Waals surface area contributed by atoms with Crippen LogP contribution in [0, 0.1) is 5.92 Å². The van der Waals surface area contributed by atoms with Gasteiger partial charge in [0.1, 0.15) is 5.38 Å². The van der Waals surface area contributed by atoms with Gasteiger partial charge in [0.25, 0.3) is 5.91 Å². The number of amides is 2. The van der Waals surface area contributed by atoms with Crippen molar-refractivity contribution in [1.82, 2.24) is 5.32 Å². The van der Waals surface area contributed by atoms with Crippen molar-refractivity contribution in [3.05, 3.63) is 59.7 Å². The number of benzene rings is 2. The van der Waals surface area contributed by atoms with Gasteiger partial charge in [-0.2, -0.15) is 0 Å². The van der Waals surface area contributed by atoms with E-state index in [1.165, 1.54) is 5.56 Å². The van der Waals surface area contributed by atoms with Gasteiger partial charge in [-0.25, -0.2) is 0 Å². The number of halogens is 1. The van der Waals surface area contributed by atoms with Crippen LogP contribution in [-0.4, -0.2) is 36.8 Å². The number of carbonyl (C=O) groups excluding carboxylic acids is 2. The highest BCUT2D eigenvalue weighted by atomic mass is 35.5. The fourth-order valence-corrected chi connectivity index (χ4v) is 3.68. The molecule has 0 bridgehead atoms. The van der Waals surface area contributed by atoms with E-state index in [1.54, 1.807) is 13.0 Å². The van der Waals surface area contributed by atoms with Gasteiger partial charge in [0.15, 0.2) is 0 Å². The Morgan fingerprint density at radius 1 is 1.13 bits per heavy atom. The van der Waals surface area contributed by atoms with Crippen LogP contribution in [0.1, 0.15) is 42.6 Å². The molecular weight excluding hydrogens is 398 g/mol. The summed E-state index contributed by atoms with van der Waals surface area (Å²) in [6.07, 6.45) is 2.98. The second-order valence-corrected chi connectivity index (χ2v) is 8.65. The molecule has 1 fully saturated rings. The summed E-state index contributed by atoms with van der Waals surface area (Å²) in [7, 11) is 0. The van der Waals surface area contributed by atoms with Crippen LogP contribution in [0.25, 0.3) is 0 Å². The number of hydrogen-bond acceptors (Lipinski definition) is 3. The minimum absolute atomic E-state index is 0.130. The molecule has 2 amide bonds. The third-order valence-electron chi connectivity index (χ3n) is 5.54. The molecule has 6 heteroatoms. The fraction of sp³-hybridized carbons (Fsp3) is 0.417. The second-order valence-electron chi connectivity index (χ2n) is 8.00. The van der Waals surface area contributed by atoms with E-state index >= 15 is 0 Å². The molecule has 0 spiro atoms. The van der Waals surface area contributed by atoms with E-state index in [1.807, 2.05) is 30.3 Å². The van der Waals surface area contributed by atoms with E-state index in [2.05, 4.69) is 34.6 Å². The van der Waals surface area contributed by atoms with Crippen LogP contribution in [0.4, 0.5) is 11.4 Å². The zero-order valence-electron chi connectivity index (χ0n) is 17.7. The van der Waals surface area contributed by atoms with Crippen LogP contribution in [-0.2, 0) is 11.2 Å². The van der Waals surface area contributed by atoms with Crippen LogP contribution in [0.15, 0.2) is 48.5 Å². The lowest BCUT2D eigenvalue weighted by Crippen LogP contribution is -2.35. The van der Waals surface area contributed by atoms with Crippen molar-refractivity contribution in [1.29, 1.82) is 0 Å². The van der Waals surface area contributed by atoms with Crippen molar-refractivity contribution >= 4 is 34.8 Å². The van der Waals surface area contributed by atoms with E-state index < -0.39 is 5.38 Å².